The molecule has 118 valence electrons. The third-order valence-corrected chi connectivity index (χ3v) is 3.92. The monoisotopic (exact) mass is 310 g/mol. The first-order valence-electron chi connectivity index (χ1n) is 7.61. The first-order chi connectivity index (χ1) is 11.0. The number of quaternary nitrogens is 1. The smallest absolute Gasteiger partial charge is 0.231 e. The SMILES string of the molecule is Cc1ccccc1/C=C1\Oc2c(ccc(O)c2C[NH+](C)C)C1=O. The van der Waals surface area contributed by atoms with Gasteiger partial charge in [-0.1, -0.05) is 24.3 Å². The topological polar surface area (TPSA) is 51.0 Å². The van der Waals surface area contributed by atoms with Gasteiger partial charge < -0.3 is 14.7 Å². The van der Waals surface area contributed by atoms with Crippen LogP contribution in [0.2, 0.25) is 0 Å². The highest BCUT2D eigenvalue weighted by atomic mass is 16.5. The summed E-state index contributed by atoms with van der Waals surface area (Å²) >= 11 is 0. The Labute approximate surface area is 135 Å². The van der Waals surface area contributed by atoms with Gasteiger partial charge in [-0.15, -0.1) is 0 Å². The summed E-state index contributed by atoms with van der Waals surface area (Å²) in [4.78, 5) is 13.7. The molecule has 4 nitrogen and oxygen atoms in total. The van der Waals surface area contributed by atoms with Gasteiger partial charge in [0.1, 0.15) is 12.3 Å². The number of benzene rings is 2. The van der Waals surface area contributed by atoms with Crippen molar-refractivity contribution < 1.29 is 19.5 Å². The van der Waals surface area contributed by atoms with Gasteiger partial charge in [0.25, 0.3) is 0 Å². The van der Waals surface area contributed by atoms with Crippen LogP contribution in [0.3, 0.4) is 0 Å². The van der Waals surface area contributed by atoms with Crippen molar-refractivity contribution in [2.45, 2.75) is 13.5 Å². The number of carbonyl (C=O) groups is 1. The van der Waals surface area contributed by atoms with Gasteiger partial charge in [0.05, 0.1) is 25.2 Å². The Kier molecular flexibility index (Phi) is 3.92. The molecular weight excluding hydrogens is 290 g/mol. The van der Waals surface area contributed by atoms with Crippen LogP contribution in [0.25, 0.3) is 6.08 Å². The Morgan fingerprint density at radius 3 is 2.61 bits per heavy atom. The lowest BCUT2D eigenvalue weighted by Crippen LogP contribution is -3.04. The third-order valence-electron chi connectivity index (χ3n) is 3.92. The van der Waals surface area contributed by atoms with Crippen molar-refractivity contribution in [2.24, 2.45) is 0 Å². The van der Waals surface area contributed by atoms with Crippen LogP contribution in [-0.2, 0) is 6.54 Å². The zero-order valence-corrected chi connectivity index (χ0v) is 13.5. The van der Waals surface area contributed by atoms with E-state index in [2.05, 4.69) is 0 Å². The molecule has 23 heavy (non-hydrogen) atoms. The Balaban J connectivity index is 2.04. The van der Waals surface area contributed by atoms with Crippen molar-refractivity contribution in [3.05, 3.63) is 64.4 Å². The normalized spacial score (nSPS) is 15.1. The molecular formula is C19H20NO3+. The van der Waals surface area contributed by atoms with Crippen molar-refractivity contribution >= 4 is 11.9 Å². The van der Waals surface area contributed by atoms with Crippen molar-refractivity contribution in [2.75, 3.05) is 14.1 Å². The second-order valence-corrected chi connectivity index (χ2v) is 6.12. The molecule has 0 bridgehead atoms. The van der Waals surface area contributed by atoms with E-state index in [-0.39, 0.29) is 11.5 Å². The number of ether oxygens (including phenoxy) is 1. The van der Waals surface area contributed by atoms with E-state index in [1.54, 1.807) is 18.2 Å². The molecule has 1 aliphatic heterocycles. The van der Waals surface area contributed by atoms with E-state index in [1.807, 2.05) is 45.3 Å². The average molecular weight is 310 g/mol. The van der Waals surface area contributed by atoms with Gasteiger partial charge in [0, 0.05) is 0 Å². The van der Waals surface area contributed by atoms with Crippen molar-refractivity contribution in [3.63, 3.8) is 0 Å². The van der Waals surface area contributed by atoms with Crippen LogP contribution in [0.5, 0.6) is 11.5 Å². The van der Waals surface area contributed by atoms with E-state index < -0.39 is 0 Å². The summed E-state index contributed by atoms with van der Waals surface area (Å²) in [5.41, 5.74) is 3.21. The number of allylic oxidation sites excluding steroid dienone is 1. The second kappa shape index (κ2) is 5.89. The lowest BCUT2D eigenvalue weighted by molar-refractivity contribution is -0.872. The van der Waals surface area contributed by atoms with Crippen LogP contribution in [-0.4, -0.2) is 25.0 Å². The van der Waals surface area contributed by atoms with Gasteiger partial charge in [0.15, 0.2) is 11.5 Å². The molecule has 0 saturated carbocycles. The number of rotatable bonds is 3. The summed E-state index contributed by atoms with van der Waals surface area (Å²) in [7, 11) is 3.97. The highest BCUT2D eigenvalue weighted by molar-refractivity contribution is 6.15. The summed E-state index contributed by atoms with van der Waals surface area (Å²) < 4.78 is 5.83. The Morgan fingerprint density at radius 2 is 1.91 bits per heavy atom. The minimum absolute atomic E-state index is 0.141. The van der Waals surface area contributed by atoms with Gasteiger partial charge in [0.2, 0.25) is 5.78 Å². The zero-order valence-electron chi connectivity index (χ0n) is 13.5. The van der Waals surface area contributed by atoms with Crippen LogP contribution < -0.4 is 9.64 Å². The third kappa shape index (κ3) is 2.85. The highest BCUT2D eigenvalue weighted by Gasteiger charge is 2.31. The molecule has 2 aromatic carbocycles. The molecule has 0 spiro atoms. The lowest BCUT2D eigenvalue weighted by Gasteiger charge is -2.12. The molecule has 1 heterocycles. The number of phenols is 1. The molecule has 0 saturated heterocycles. The maximum absolute atomic E-state index is 12.6. The number of hydrogen-bond acceptors (Lipinski definition) is 3. The molecule has 3 rings (SSSR count). The number of ketones is 1. The number of carbonyl (C=O) groups excluding carboxylic acids is 1. The van der Waals surface area contributed by atoms with Crippen LogP contribution in [0.15, 0.2) is 42.2 Å². The first kappa shape index (κ1) is 15.3. The molecule has 1 aliphatic rings. The number of aryl methyl sites for hydroxylation is 1. The summed E-state index contributed by atoms with van der Waals surface area (Å²) in [6, 6.07) is 11.0. The summed E-state index contributed by atoms with van der Waals surface area (Å²) in [6.45, 7) is 2.57. The maximum Gasteiger partial charge on any atom is 0.231 e. The minimum atomic E-state index is -0.141. The predicted octanol–water partition coefficient (Wildman–Crippen LogP) is 1.96. The standard InChI is InChI=1S/C19H19NO3/c1-12-6-4-5-7-13(12)10-17-18(22)14-8-9-16(21)15(11-20(2)3)19(14)23-17/h4-10,21H,11H2,1-3H3/p+1/b17-10-. The van der Waals surface area contributed by atoms with Gasteiger partial charge in [-0.3, -0.25) is 4.79 Å². The van der Waals surface area contributed by atoms with Crippen LogP contribution >= 0.6 is 0 Å². The van der Waals surface area contributed by atoms with Crippen molar-refractivity contribution in [1.82, 2.24) is 0 Å². The van der Waals surface area contributed by atoms with Gasteiger partial charge in [-0.2, -0.15) is 0 Å². The van der Waals surface area contributed by atoms with Crippen LogP contribution in [0.4, 0.5) is 0 Å². The zero-order chi connectivity index (χ0) is 16.6. The Hall–Kier alpha value is -2.59. The van der Waals surface area contributed by atoms with E-state index in [0.717, 1.165) is 16.0 Å². The van der Waals surface area contributed by atoms with Crippen LogP contribution in [0, 0.1) is 6.92 Å². The summed E-state index contributed by atoms with van der Waals surface area (Å²) in [5.74, 6) is 0.805. The van der Waals surface area contributed by atoms with Crippen molar-refractivity contribution in [1.29, 1.82) is 0 Å². The molecule has 2 aromatic rings. The fourth-order valence-electron chi connectivity index (χ4n) is 2.71. The number of fused-ring (bicyclic) bond motifs is 1. The minimum Gasteiger partial charge on any atom is -0.507 e. The van der Waals surface area contributed by atoms with E-state index >= 15 is 0 Å². The van der Waals surface area contributed by atoms with E-state index in [9.17, 15) is 9.90 Å². The van der Waals surface area contributed by atoms with Gasteiger partial charge in [-0.25, -0.2) is 0 Å². The summed E-state index contributed by atoms with van der Waals surface area (Å²) in [6.07, 6.45) is 1.76. The Morgan fingerprint density at radius 1 is 1.17 bits per heavy atom. The molecule has 0 aliphatic carbocycles. The van der Waals surface area contributed by atoms with E-state index in [4.69, 9.17) is 4.74 Å². The maximum atomic E-state index is 12.6. The van der Waals surface area contributed by atoms with Gasteiger partial charge in [-0.05, 0) is 36.3 Å². The lowest BCUT2D eigenvalue weighted by atomic mass is 10.0. The molecule has 2 N–H and O–H groups in total. The van der Waals surface area contributed by atoms with Crippen LogP contribution in [0.1, 0.15) is 27.0 Å². The molecule has 0 radical (unpaired) electrons. The molecule has 0 unspecified atom stereocenters. The quantitative estimate of drug-likeness (QED) is 0.852. The molecule has 0 amide bonds. The molecule has 0 atom stereocenters. The number of Topliss-reactive ketones (excluding diaryl/α,β-unsaturated/α-hetero) is 1. The highest BCUT2D eigenvalue weighted by Crippen LogP contribution is 2.39. The summed E-state index contributed by atoms with van der Waals surface area (Å²) in [5, 5.41) is 10.1. The number of phenolic OH excluding ortho intramolecular Hbond substituents is 1. The number of hydrogen-bond donors (Lipinski definition) is 2. The Bertz CT molecular complexity index is 806. The first-order valence-corrected chi connectivity index (χ1v) is 7.61. The van der Waals surface area contributed by atoms with E-state index in [0.29, 0.717) is 29.2 Å². The van der Waals surface area contributed by atoms with Crippen molar-refractivity contribution in [3.8, 4) is 11.5 Å². The largest absolute Gasteiger partial charge is 0.507 e. The van der Waals surface area contributed by atoms with E-state index in [1.165, 1.54) is 0 Å². The van der Waals surface area contributed by atoms with Gasteiger partial charge >= 0.3 is 0 Å². The molecule has 4 heteroatoms. The fourth-order valence-corrected chi connectivity index (χ4v) is 2.71. The fraction of sp³-hybridized carbons (Fsp3) is 0.211. The predicted molar refractivity (Wildman–Crippen MR) is 88.7 cm³/mol. The molecule has 0 fully saturated rings. The average Bonchev–Trinajstić information content (AvgIpc) is 2.81. The second-order valence-electron chi connectivity index (χ2n) is 6.12. The number of nitrogens with one attached hydrogen (secondary N) is 1. The molecule has 0 aromatic heterocycles. The number of aromatic hydroxyl groups is 1.